The van der Waals surface area contributed by atoms with Crippen LogP contribution in [0.5, 0.6) is 0 Å². The average Bonchev–Trinajstić information content (AvgIpc) is 1.99. The van der Waals surface area contributed by atoms with Gasteiger partial charge in [-0.15, -0.1) is 0 Å². The largest absolute Gasteiger partial charge is 0.395 e. The van der Waals surface area contributed by atoms with Crippen LogP contribution in [0.2, 0.25) is 0 Å². The summed E-state index contributed by atoms with van der Waals surface area (Å²) in [7, 11) is 1.72. The molecule has 0 bridgehead atoms. The third-order valence-corrected chi connectivity index (χ3v) is 1.55. The molecule has 0 aromatic rings. The molecule has 0 aliphatic carbocycles. The van der Waals surface area contributed by atoms with Gasteiger partial charge in [-0.3, -0.25) is 0 Å². The van der Waals surface area contributed by atoms with E-state index >= 15 is 0 Å². The molecule has 0 amide bonds. The summed E-state index contributed by atoms with van der Waals surface area (Å²) < 4.78 is 4.98. The molecule has 0 aliphatic rings. The molecular formula is C8H19NO2. The fourth-order valence-electron chi connectivity index (χ4n) is 0.920. The van der Waals surface area contributed by atoms with Crippen molar-refractivity contribution in [1.29, 1.82) is 0 Å². The molecule has 11 heavy (non-hydrogen) atoms. The molecule has 3 heteroatoms. The number of methoxy groups -OCH3 is 1. The molecule has 1 unspecified atom stereocenters. The zero-order chi connectivity index (χ0) is 8.53. The van der Waals surface area contributed by atoms with Gasteiger partial charge in [0.1, 0.15) is 0 Å². The van der Waals surface area contributed by atoms with Crippen molar-refractivity contribution in [1.82, 2.24) is 5.32 Å². The second-order valence-corrected chi connectivity index (χ2v) is 2.82. The molecule has 0 saturated heterocycles. The zero-order valence-corrected chi connectivity index (χ0v) is 7.47. The molecule has 0 saturated carbocycles. The molecule has 1 atom stereocenters. The van der Waals surface area contributed by atoms with Crippen LogP contribution in [-0.4, -0.2) is 38.5 Å². The molecule has 0 radical (unpaired) electrons. The lowest BCUT2D eigenvalue weighted by atomic mass is 10.1. The van der Waals surface area contributed by atoms with Crippen molar-refractivity contribution in [3.8, 4) is 0 Å². The van der Waals surface area contributed by atoms with E-state index in [4.69, 9.17) is 9.84 Å². The summed E-state index contributed by atoms with van der Waals surface area (Å²) in [6.45, 7) is 4.86. The Kier molecular flexibility index (Phi) is 7.89. The van der Waals surface area contributed by atoms with Crippen molar-refractivity contribution in [2.75, 3.05) is 33.4 Å². The third kappa shape index (κ3) is 7.78. The zero-order valence-electron chi connectivity index (χ0n) is 7.47. The van der Waals surface area contributed by atoms with E-state index in [1.54, 1.807) is 7.11 Å². The van der Waals surface area contributed by atoms with Crippen molar-refractivity contribution in [2.45, 2.75) is 13.3 Å². The standard InChI is InChI=1S/C8H19NO2/c1-8(7-11-2)3-4-9-5-6-10/h8-10H,3-7H2,1-2H3. The summed E-state index contributed by atoms with van der Waals surface area (Å²) in [5.41, 5.74) is 0. The highest BCUT2D eigenvalue weighted by molar-refractivity contribution is 4.53. The Morgan fingerprint density at radius 3 is 2.73 bits per heavy atom. The molecular weight excluding hydrogens is 142 g/mol. The fourth-order valence-corrected chi connectivity index (χ4v) is 0.920. The number of aliphatic hydroxyl groups is 1. The summed E-state index contributed by atoms with van der Waals surface area (Å²) in [6, 6.07) is 0. The minimum Gasteiger partial charge on any atom is -0.395 e. The summed E-state index contributed by atoms with van der Waals surface area (Å²) >= 11 is 0. The van der Waals surface area contributed by atoms with Crippen LogP contribution in [0.4, 0.5) is 0 Å². The lowest BCUT2D eigenvalue weighted by Crippen LogP contribution is -2.21. The van der Waals surface area contributed by atoms with Crippen LogP contribution in [0.3, 0.4) is 0 Å². The van der Waals surface area contributed by atoms with Gasteiger partial charge in [0.25, 0.3) is 0 Å². The second kappa shape index (κ2) is 7.98. The van der Waals surface area contributed by atoms with E-state index in [0.717, 1.165) is 19.6 Å². The quantitative estimate of drug-likeness (QED) is 0.526. The normalized spacial score (nSPS) is 13.4. The average molecular weight is 161 g/mol. The maximum Gasteiger partial charge on any atom is 0.0555 e. The highest BCUT2D eigenvalue weighted by atomic mass is 16.5. The smallest absolute Gasteiger partial charge is 0.0555 e. The topological polar surface area (TPSA) is 41.5 Å². The van der Waals surface area contributed by atoms with Crippen LogP contribution < -0.4 is 5.32 Å². The van der Waals surface area contributed by atoms with Gasteiger partial charge in [-0.1, -0.05) is 6.92 Å². The summed E-state index contributed by atoms with van der Waals surface area (Å²) in [5, 5.41) is 11.6. The van der Waals surface area contributed by atoms with E-state index in [2.05, 4.69) is 12.2 Å². The lowest BCUT2D eigenvalue weighted by molar-refractivity contribution is 0.155. The number of ether oxygens (including phenoxy) is 1. The van der Waals surface area contributed by atoms with Gasteiger partial charge in [0.2, 0.25) is 0 Å². The highest BCUT2D eigenvalue weighted by Crippen LogP contribution is 1.99. The molecule has 0 heterocycles. The Labute approximate surface area is 68.8 Å². The number of hydrogen-bond acceptors (Lipinski definition) is 3. The molecule has 0 fully saturated rings. The first-order valence-corrected chi connectivity index (χ1v) is 4.11. The Morgan fingerprint density at radius 2 is 2.18 bits per heavy atom. The van der Waals surface area contributed by atoms with Gasteiger partial charge in [0.05, 0.1) is 6.61 Å². The van der Waals surface area contributed by atoms with Gasteiger partial charge >= 0.3 is 0 Å². The predicted octanol–water partition coefficient (Wildman–Crippen LogP) is 0.241. The predicted molar refractivity (Wildman–Crippen MR) is 45.6 cm³/mol. The van der Waals surface area contributed by atoms with E-state index in [-0.39, 0.29) is 6.61 Å². The van der Waals surface area contributed by atoms with Gasteiger partial charge in [0, 0.05) is 20.3 Å². The molecule has 0 spiro atoms. The number of aliphatic hydroxyl groups excluding tert-OH is 1. The lowest BCUT2D eigenvalue weighted by Gasteiger charge is -2.09. The van der Waals surface area contributed by atoms with Crippen molar-refractivity contribution in [3.05, 3.63) is 0 Å². The van der Waals surface area contributed by atoms with Crippen LogP contribution in [0, 0.1) is 5.92 Å². The van der Waals surface area contributed by atoms with Gasteiger partial charge in [0.15, 0.2) is 0 Å². The van der Waals surface area contributed by atoms with E-state index in [9.17, 15) is 0 Å². The maximum absolute atomic E-state index is 8.45. The van der Waals surface area contributed by atoms with Crippen molar-refractivity contribution >= 4 is 0 Å². The third-order valence-electron chi connectivity index (χ3n) is 1.55. The molecule has 2 N–H and O–H groups in total. The van der Waals surface area contributed by atoms with Crippen LogP contribution in [0.25, 0.3) is 0 Å². The molecule has 0 aliphatic heterocycles. The monoisotopic (exact) mass is 161 g/mol. The summed E-state index contributed by atoms with van der Waals surface area (Å²) in [5.74, 6) is 0.603. The van der Waals surface area contributed by atoms with E-state index in [1.165, 1.54) is 0 Å². The number of nitrogens with one attached hydrogen (secondary N) is 1. The fraction of sp³-hybridized carbons (Fsp3) is 1.00. The minimum atomic E-state index is 0.221. The maximum atomic E-state index is 8.45. The second-order valence-electron chi connectivity index (χ2n) is 2.82. The molecule has 68 valence electrons. The van der Waals surface area contributed by atoms with Crippen LogP contribution in [-0.2, 0) is 4.74 Å². The SMILES string of the molecule is COCC(C)CCNCCO. The van der Waals surface area contributed by atoms with Gasteiger partial charge in [-0.25, -0.2) is 0 Å². The Balaban J connectivity index is 2.97. The van der Waals surface area contributed by atoms with Gasteiger partial charge in [-0.2, -0.15) is 0 Å². The van der Waals surface area contributed by atoms with Gasteiger partial charge in [-0.05, 0) is 18.9 Å². The first kappa shape index (κ1) is 10.9. The van der Waals surface area contributed by atoms with E-state index in [0.29, 0.717) is 12.5 Å². The van der Waals surface area contributed by atoms with E-state index in [1.807, 2.05) is 0 Å². The number of hydrogen-bond donors (Lipinski definition) is 2. The molecule has 0 rings (SSSR count). The van der Waals surface area contributed by atoms with E-state index < -0.39 is 0 Å². The Morgan fingerprint density at radius 1 is 1.45 bits per heavy atom. The van der Waals surface area contributed by atoms with Crippen LogP contribution in [0.1, 0.15) is 13.3 Å². The first-order valence-electron chi connectivity index (χ1n) is 4.11. The first-order chi connectivity index (χ1) is 5.31. The Bertz CT molecular complexity index is 78.5. The molecule has 0 aromatic heterocycles. The minimum absolute atomic E-state index is 0.221. The Hall–Kier alpha value is -0.120. The van der Waals surface area contributed by atoms with Crippen molar-refractivity contribution in [3.63, 3.8) is 0 Å². The highest BCUT2D eigenvalue weighted by Gasteiger charge is 1.99. The summed E-state index contributed by atoms with van der Waals surface area (Å²) in [6.07, 6.45) is 1.10. The van der Waals surface area contributed by atoms with Crippen LogP contribution >= 0.6 is 0 Å². The van der Waals surface area contributed by atoms with Crippen molar-refractivity contribution in [2.24, 2.45) is 5.92 Å². The molecule has 3 nitrogen and oxygen atoms in total. The van der Waals surface area contributed by atoms with Crippen molar-refractivity contribution < 1.29 is 9.84 Å². The van der Waals surface area contributed by atoms with Crippen LogP contribution in [0.15, 0.2) is 0 Å². The summed E-state index contributed by atoms with van der Waals surface area (Å²) in [4.78, 5) is 0. The number of rotatable bonds is 7. The molecule has 0 aromatic carbocycles. The van der Waals surface area contributed by atoms with Gasteiger partial charge < -0.3 is 15.2 Å².